The molecule has 1 N–H and O–H groups in total. The Bertz CT molecular complexity index is 446. The molecule has 0 aliphatic carbocycles. The summed E-state index contributed by atoms with van der Waals surface area (Å²) in [4.78, 5) is 19.0. The topological polar surface area (TPSA) is 45.2 Å². The van der Waals surface area contributed by atoms with Gasteiger partial charge in [0, 0.05) is 30.4 Å². The standard InChI is InChI=1S/C14H25N3OS/c1-9(15-8-11(18)17(6)7)12-10(2)16-13(19-12)14(3,4)5/h9,15H,8H2,1-7H3. The van der Waals surface area contributed by atoms with Gasteiger partial charge in [0.15, 0.2) is 0 Å². The van der Waals surface area contributed by atoms with Gasteiger partial charge in [0.1, 0.15) is 0 Å². The molecule has 5 heteroatoms. The number of amides is 1. The lowest BCUT2D eigenvalue weighted by Crippen LogP contribution is -2.34. The Morgan fingerprint density at radius 1 is 1.42 bits per heavy atom. The van der Waals surface area contributed by atoms with E-state index in [1.165, 1.54) is 4.88 Å². The molecule has 0 bridgehead atoms. The van der Waals surface area contributed by atoms with Crippen LogP contribution in [0.4, 0.5) is 0 Å². The van der Waals surface area contributed by atoms with Crippen molar-refractivity contribution in [1.29, 1.82) is 0 Å². The maximum atomic E-state index is 11.6. The molecule has 108 valence electrons. The maximum absolute atomic E-state index is 11.6. The van der Waals surface area contributed by atoms with Crippen LogP contribution >= 0.6 is 11.3 Å². The van der Waals surface area contributed by atoms with Gasteiger partial charge in [0.05, 0.1) is 17.2 Å². The Hall–Kier alpha value is -0.940. The Kier molecular flexibility index (Phi) is 5.10. The highest BCUT2D eigenvalue weighted by molar-refractivity contribution is 7.12. The highest BCUT2D eigenvalue weighted by Crippen LogP contribution is 2.32. The van der Waals surface area contributed by atoms with E-state index in [0.29, 0.717) is 6.54 Å². The van der Waals surface area contributed by atoms with Crippen molar-refractivity contribution in [3.63, 3.8) is 0 Å². The van der Waals surface area contributed by atoms with Crippen molar-refractivity contribution in [2.45, 2.75) is 46.1 Å². The summed E-state index contributed by atoms with van der Waals surface area (Å²) in [6, 6.07) is 0.150. The zero-order valence-electron chi connectivity index (χ0n) is 13.0. The van der Waals surface area contributed by atoms with E-state index in [-0.39, 0.29) is 17.4 Å². The van der Waals surface area contributed by atoms with Crippen molar-refractivity contribution < 1.29 is 4.79 Å². The number of rotatable bonds is 4. The number of aromatic nitrogens is 1. The SMILES string of the molecule is Cc1nc(C(C)(C)C)sc1C(C)NCC(=O)N(C)C. The normalized spacial score (nSPS) is 13.4. The fourth-order valence-corrected chi connectivity index (χ4v) is 2.77. The first-order valence-corrected chi connectivity index (χ1v) is 7.36. The molecule has 0 aliphatic heterocycles. The van der Waals surface area contributed by atoms with Crippen LogP contribution < -0.4 is 5.32 Å². The van der Waals surface area contributed by atoms with Crippen molar-refractivity contribution in [3.8, 4) is 0 Å². The Morgan fingerprint density at radius 3 is 2.42 bits per heavy atom. The van der Waals surface area contributed by atoms with Crippen LogP contribution in [0.25, 0.3) is 0 Å². The lowest BCUT2D eigenvalue weighted by atomic mass is 9.98. The smallest absolute Gasteiger partial charge is 0.236 e. The van der Waals surface area contributed by atoms with Gasteiger partial charge < -0.3 is 10.2 Å². The number of hydrogen-bond acceptors (Lipinski definition) is 4. The average molecular weight is 283 g/mol. The fourth-order valence-electron chi connectivity index (χ4n) is 1.62. The van der Waals surface area contributed by atoms with Gasteiger partial charge in [-0.15, -0.1) is 11.3 Å². The van der Waals surface area contributed by atoms with E-state index in [1.807, 2.05) is 6.92 Å². The minimum atomic E-state index is 0.0762. The Labute approximate surface area is 120 Å². The zero-order valence-corrected chi connectivity index (χ0v) is 13.8. The molecular weight excluding hydrogens is 258 g/mol. The van der Waals surface area contributed by atoms with Crippen LogP contribution in [0.1, 0.15) is 49.3 Å². The number of likely N-dealkylation sites (N-methyl/N-ethyl adjacent to an activating group) is 1. The molecule has 4 nitrogen and oxygen atoms in total. The van der Waals surface area contributed by atoms with Crippen LogP contribution in [0.15, 0.2) is 0 Å². The van der Waals surface area contributed by atoms with Gasteiger partial charge in [-0.05, 0) is 13.8 Å². The summed E-state index contributed by atoms with van der Waals surface area (Å²) in [5, 5.41) is 4.41. The van der Waals surface area contributed by atoms with E-state index in [1.54, 1.807) is 30.3 Å². The Balaban J connectivity index is 2.75. The van der Waals surface area contributed by atoms with Gasteiger partial charge in [-0.1, -0.05) is 20.8 Å². The summed E-state index contributed by atoms with van der Waals surface area (Å²) < 4.78 is 0. The average Bonchev–Trinajstić information content (AvgIpc) is 2.67. The summed E-state index contributed by atoms with van der Waals surface area (Å²) >= 11 is 1.74. The molecule has 0 aromatic carbocycles. The molecule has 0 spiro atoms. The predicted octanol–water partition coefficient (Wildman–Crippen LogP) is 2.49. The molecular formula is C14H25N3OS. The number of hydrogen-bond donors (Lipinski definition) is 1. The van der Waals surface area contributed by atoms with Crippen LogP contribution in [0.3, 0.4) is 0 Å². The van der Waals surface area contributed by atoms with Gasteiger partial charge in [-0.25, -0.2) is 4.98 Å². The van der Waals surface area contributed by atoms with Crippen molar-refractivity contribution in [2.75, 3.05) is 20.6 Å². The molecule has 0 saturated heterocycles. The van der Waals surface area contributed by atoms with E-state index in [2.05, 4.69) is 38.0 Å². The summed E-state index contributed by atoms with van der Waals surface area (Å²) in [7, 11) is 3.54. The van der Waals surface area contributed by atoms with E-state index >= 15 is 0 Å². The first-order valence-electron chi connectivity index (χ1n) is 6.54. The predicted molar refractivity (Wildman–Crippen MR) is 80.7 cm³/mol. The number of nitrogens with zero attached hydrogens (tertiary/aromatic N) is 2. The van der Waals surface area contributed by atoms with E-state index in [9.17, 15) is 4.79 Å². The van der Waals surface area contributed by atoms with Gasteiger partial charge in [0.2, 0.25) is 5.91 Å². The van der Waals surface area contributed by atoms with Crippen molar-refractivity contribution >= 4 is 17.2 Å². The molecule has 1 unspecified atom stereocenters. The van der Waals surface area contributed by atoms with Crippen LogP contribution in [0.5, 0.6) is 0 Å². The third-order valence-corrected chi connectivity index (χ3v) is 4.69. The molecule has 0 saturated carbocycles. The maximum Gasteiger partial charge on any atom is 0.236 e. The summed E-state index contributed by atoms with van der Waals surface area (Å²) in [6.07, 6.45) is 0. The van der Waals surface area contributed by atoms with E-state index in [4.69, 9.17) is 0 Å². The number of carbonyl (C=O) groups is 1. The number of nitrogens with one attached hydrogen (secondary N) is 1. The van der Waals surface area contributed by atoms with Crippen molar-refractivity contribution in [3.05, 3.63) is 15.6 Å². The van der Waals surface area contributed by atoms with Crippen molar-refractivity contribution in [1.82, 2.24) is 15.2 Å². The minimum absolute atomic E-state index is 0.0762. The van der Waals surface area contributed by atoms with E-state index in [0.717, 1.165) is 10.7 Å². The van der Waals surface area contributed by atoms with Gasteiger partial charge in [-0.2, -0.15) is 0 Å². The second-order valence-electron chi connectivity index (χ2n) is 6.11. The summed E-state index contributed by atoms with van der Waals surface area (Å²) in [6.45, 7) is 11.0. The molecule has 1 heterocycles. The van der Waals surface area contributed by atoms with Crippen LogP contribution in [-0.4, -0.2) is 36.4 Å². The lowest BCUT2D eigenvalue weighted by Gasteiger charge is -2.16. The monoisotopic (exact) mass is 283 g/mol. The Morgan fingerprint density at radius 2 is 2.00 bits per heavy atom. The fraction of sp³-hybridized carbons (Fsp3) is 0.714. The highest BCUT2D eigenvalue weighted by Gasteiger charge is 2.22. The van der Waals surface area contributed by atoms with E-state index < -0.39 is 0 Å². The van der Waals surface area contributed by atoms with Gasteiger partial charge >= 0.3 is 0 Å². The summed E-state index contributed by atoms with van der Waals surface area (Å²) in [5.74, 6) is 0.0880. The zero-order chi connectivity index (χ0) is 14.8. The molecule has 1 atom stereocenters. The van der Waals surface area contributed by atoms with Crippen LogP contribution in [0.2, 0.25) is 0 Å². The van der Waals surface area contributed by atoms with Crippen LogP contribution in [-0.2, 0) is 10.2 Å². The second kappa shape index (κ2) is 6.01. The molecule has 0 aliphatic rings. The third-order valence-electron chi connectivity index (χ3n) is 2.93. The molecule has 1 aromatic rings. The molecule has 1 aromatic heterocycles. The molecule has 1 rings (SSSR count). The number of carbonyl (C=O) groups excluding carboxylic acids is 1. The third kappa shape index (κ3) is 4.28. The lowest BCUT2D eigenvalue weighted by molar-refractivity contribution is -0.127. The largest absolute Gasteiger partial charge is 0.348 e. The van der Waals surface area contributed by atoms with Gasteiger partial charge in [0.25, 0.3) is 0 Å². The van der Waals surface area contributed by atoms with Crippen molar-refractivity contribution in [2.24, 2.45) is 0 Å². The number of thiazole rings is 1. The van der Waals surface area contributed by atoms with Gasteiger partial charge in [-0.3, -0.25) is 4.79 Å². The molecule has 0 radical (unpaired) electrons. The first kappa shape index (κ1) is 16.1. The highest BCUT2D eigenvalue weighted by atomic mass is 32.1. The molecule has 19 heavy (non-hydrogen) atoms. The second-order valence-corrected chi connectivity index (χ2v) is 7.14. The molecule has 1 amide bonds. The first-order chi connectivity index (χ1) is 8.62. The van der Waals surface area contributed by atoms with Crippen LogP contribution in [0, 0.1) is 6.92 Å². The summed E-state index contributed by atoms with van der Waals surface area (Å²) in [5.41, 5.74) is 1.14. The molecule has 0 fully saturated rings. The quantitative estimate of drug-likeness (QED) is 0.923. The minimum Gasteiger partial charge on any atom is -0.348 e. The number of aryl methyl sites for hydroxylation is 1.